The first-order valence-corrected chi connectivity index (χ1v) is 5.55. The van der Waals surface area contributed by atoms with Crippen molar-refractivity contribution in [3.63, 3.8) is 0 Å². The molecule has 86 valence electrons. The summed E-state index contributed by atoms with van der Waals surface area (Å²) in [4.78, 5) is 4.22. The zero-order valence-electron chi connectivity index (χ0n) is 9.30. The molecule has 0 saturated carbocycles. The van der Waals surface area contributed by atoms with Crippen molar-refractivity contribution >= 4 is 5.82 Å². The number of benzene rings is 1. The number of aromatic nitrogens is 1. The maximum atomic E-state index is 9.42. The smallest absolute Gasteiger partial charge is 0.140 e. The molecule has 1 aromatic heterocycles. The first-order valence-electron chi connectivity index (χ1n) is 5.55. The van der Waals surface area contributed by atoms with Crippen molar-refractivity contribution in [2.75, 3.05) is 5.43 Å². The molecule has 0 saturated heterocycles. The summed E-state index contributed by atoms with van der Waals surface area (Å²) < 4.78 is 0. The SMILES string of the molecule is Oc1ccc2c(c1)CN(Nc1ccccn1)C2. The third-order valence-corrected chi connectivity index (χ3v) is 2.85. The Labute approximate surface area is 99.5 Å². The highest BCUT2D eigenvalue weighted by Crippen LogP contribution is 2.25. The van der Waals surface area contributed by atoms with Gasteiger partial charge in [-0.25, -0.2) is 9.99 Å². The Hall–Kier alpha value is -2.07. The number of hydrazine groups is 1. The highest BCUT2D eigenvalue weighted by Gasteiger charge is 2.19. The Morgan fingerprint density at radius 3 is 2.82 bits per heavy atom. The molecule has 17 heavy (non-hydrogen) atoms. The minimum atomic E-state index is 0.323. The molecule has 2 aromatic rings. The number of rotatable bonds is 2. The Balaban J connectivity index is 1.74. The summed E-state index contributed by atoms with van der Waals surface area (Å²) >= 11 is 0. The lowest BCUT2D eigenvalue weighted by Gasteiger charge is -2.16. The van der Waals surface area contributed by atoms with E-state index in [1.165, 1.54) is 5.56 Å². The summed E-state index contributed by atoms with van der Waals surface area (Å²) in [5, 5.41) is 11.5. The van der Waals surface area contributed by atoms with Gasteiger partial charge in [-0.15, -0.1) is 0 Å². The Kier molecular flexibility index (Phi) is 2.42. The van der Waals surface area contributed by atoms with Crippen molar-refractivity contribution in [3.05, 3.63) is 53.7 Å². The van der Waals surface area contributed by atoms with Gasteiger partial charge in [0, 0.05) is 19.3 Å². The first-order chi connectivity index (χ1) is 8.31. The van der Waals surface area contributed by atoms with Crippen LogP contribution in [0.15, 0.2) is 42.6 Å². The molecule has 1 aliphatic rings. The fourth-order valence-electron chi connectivity index (χ4n) is 2.05. The Morgan fingerprint density at radius 2 is 2.00 bits per heavy atom. The fourth-order valence-corrected chi connectivity index (χ4v) is 2.05. The van der Waals surface area contributed by atoms with Crippen LogP contribution in [0, 0.1) is 0 Å². The molecular weight excluding hydrogens is 214 g/mol. The predicted molar refractivity (Wildman–Crippen MR) is 65.2 cm³/mol. The number of hydrogen-bond donors (Lipinski definition) is 2. The summed E-state index contributed by atoms with van der Waals surface area (Å²) in [6, 6.07) is 11.3. The van der Waals surface area contributed by atoms with Gasteiger partial charge in [0.1, 0.15) is 11.6 Å². The molecule has 0 atom stereocenters. The van der Waals surface area contributed by atoms with Crippen LogP contribution in [0.4, 0.5) is 5.82 Å². The maximum absolute atomic E-state index is 9.42. The van der Waals surface area contributed by atoms with Gasteiger partial charge in [-0.3, -0.25) is 0 Å². The topological polar surface area (TPSA) is 48.4 Å². The highest BCUT2D eigenvalue weighted by molar-refractivity contribution is 5.39. The molecular formula is C13H13N3O. The Bertz CT molecular complexity index is 527. The molecule has 2 N–H and O–H groups in total. The van der Waals surface area contributed by atoms with Gasteiger partial charge in [0.15, 0.2) is 0 Å². The summed E-state index contributed by atoms with van der Waals surface area (Å²) in [6.45, 7) is 1.60. The number of phenols is 1. The lowest BCUT2D eigenvalue weighted by Crippen LogP contribution is -2.24. The van der Waals surface area contributed by atoms with E-state index < -0.39 is 0 Å². The molecule has 0 bridgehead atoms. The van der Waals surface area contributed by atoms with Crippen LogP contribution in [0.25, 0.3) is 0 Å². The summed E-state index contributed by atoms with van der Waals surface area (Å²) in [6.07, 6.45) is 1.76. The van der Waals surface area contributed by atoms with Crippen molar-refractivity contribution in [2.45, 2.75) is 13.1 Å². The second-order valence-corrected chi connectivity index (χ2v) is 4.14. The van der Waals surface area contributed by atoms with E-state index in [0.29, 0.717) is 5.75 Å². The van der Waals surface area contributed by atoms with Gasteiger partial charge in [0.25, 0.3) is 0 Å². The van der Waals surface area contributed by atoms with E-state index in [2.05, 4.69) is 15.4 Å². The second-order valence-electron chi connectivity index (χ2n) is 4.14. The number of hydrogen-bond acceptors (Lipinski definition) is 4. The lowest BCUT2D eigenvalue weighted by atomic mass is 10.1. The van der Waals surface area contributed by atoms with Crippen LogP contribution >= 0.6 is 0 Å². The molecule has 2 heterocycles. The van der Waals surface area contributed by atoms with Crippen molar-refractivity contribution in [2.24, 2.45) is 0 Å². The van der Waals surface area contributed by atoms with E-state index in [4.69, 9.17) is 0 Å². The molecule has 0 unspecified atom stereocenters. The minimum Gasteiger partial charge on any atom is -0.508 e. The lowest BCUT2D eigenvalue weighted by molar-refractivity contribution is 0.345. The quantitative estimate of drug-likeness (QED) is 0.825. The number of phenolic OH excluding ortho intramolecular Hbond substituents is 1. The molecule has 0 amide bonds. The summed E-state index contributed by atoms with van der Waals surface area (Å²) in [5.41, 5.74) is 5.65. The van der Waals surface area contributed by atoms with E-state index in [1.807, 2.05) is 30.3 Å². The average molecular weight is 227 g/mol. The molecule has 4 heteroatoms. The number of aromatic hydroxyl groups is 1. The average Bonchev–Trinajstić information content (AvgIpc) is 2.71. The number of nitrogens with one attached hydrogen (secondary N) is 1. The standard InChI is InChI=1S/C13H13N3O/c17-12-5-4-10-8-16(9-11(10)7-12)15-13-3-1-2-6-14-13/h1-7,17H,8-9H2,(H,14,15). The number of anilines is 1. The van der Waals surface area contributed by atoms with Crippen LogP contribution in [0.3, 0.4) is 0 Å². The van der Waals surface area contributed by atoms with E-state index >= 15 is 0 Å². The summed E-state index contributed by atoms with van der Waals surface area (Å²) in [5.74, 6) is 1.16. The van der Waals surface area contributed by atoms with Crippen LogP contribution in [0.5, 0.6) is 5.75 Å². The largest absolute Gasteiger partial charge is 0.508 e. The van der Waals surface area contributed by atoms with Crippen molar-refractivity contribution in [3.8, 4) is 5.75 Å². The summed E-state index contributed by atoms with van der Waals surface area (Å²) in [7, 11) is 0. The van der Waals surface area contributed by atoms with E-state index in [-0.39, 0.29) is 0 Å². The van der Waals surface area contributed by atoms with Gasteiger partial charge >= 0.3 is 0 Å². The van der Waals surface area contributed by atoms with Gasteiger partial charge < -0.3 is 10.5 Å². The normalized spacial score (nSPS) is 14.6. The molecule has 0 radical (unpaired) electrons. The third kappa shape index (κ3) is 2.07. The zero-order valence-corrected chi connectivity index (χ0v) is 9.30. The van der Waals surface area contributed by atoms with Crippen LogP contribution in [-0.4, -0.2) is 15.1 Å². The number of nitrogens with zero attached hydrogens (tertiary/aromatic N) is 2. The third-order valence-electron chi connectivity index (χ3n) is 2.85. The maximum Gasteiger partial charge on any atom is 0.140 e. The van der Waals surface area contributed by atoms with Crippen LogP contribution in [0.2, 0.25) is 0 Å². The fraction of sp³-hybridized carbons (Fsp3) is 0.154. The Morgan fingerprint density at radius 1 is 1.12 bits per heavy atom. The highest BCUT2D eigenvalue weighted by atomic mass is 16.3. The van der Waals surface area contributed by atoms with Crippen molar-refractivity contribution in [1.29, 1.82) is 0 Å². The molecule has 0 aliphatic carbocycles. The van der Waals surface area contributed by atoms with Crippen LogP contribution in [0.1, 0.15) is 11.1 Å². The minimum absolute atomic E-state index is 0.323. The molecule has 4 nitrogen and oxygen atoms in total. The number of fused-ring (bicyclic) bond motifs is 1. The van der Waals surface area contributed by atoms with Gasteiger partial charge in [-0.05, 0) is 35.4 Å². The van der Waals surface area contributed by atoms with Crippen molar-refractivity contribution < 1.29 is 5.11 Å². The van der Waals surface area contributed by atoms with Gasteiger partial charge in [0.2, 0.25) is 0 Å². The van der Waals surface area contributed by atoms with Gasteiger partial charge in [-0.2, -0.15) is 0 Å². The molecule has 1 aromatic carbocycles. The van der Waals surface area contributed by atoms with E-state index in [0.717, 1.165) is 24.5 Å². The van der Waals surface area contributed by atoms with Crippen molar-refractivity contribution in [1.82, 2.24) is 9.99 Å². The molecule has 1 aliphatic heterocycles. The predicted octanol–water partition coefficient (Wildman–Crippen LogP) is 2.13. The van der Waals surface area contributed by atoms with E-state index in [1.54, 1.807) is 12.3 Å². The van der Waals surface area contributed by atoms with Crippen LogP contribution in [-0.2, 0) is 13.1 Å². The monoisotopic (exact) mass is 227 g/mol. The molecule has 3 rings (SSSR count). The molecule has 0 spiro atoms. The van der Waals surface area contributed by atoms with E-state index in [9.17, 15) is 5.11 Å². The molecule has 0 fully saturated rings. The second kappa shape index (κ2) is 4.07. The van der Waals surface area contributed by atoms with Gasteiger partial charge in [-0.1, -0.05) is 12.1 Å². The first kappa shape index (κ1) is 10.1. The zero-order chi connectivity index (χ0) is 11.7. The number of pyridine rings is 1. The van der Waals surface area contributed by atoms with Gasteiger partial charge in [0.05, 0.1) is 0 Å². The van der Waals surface area contributed by atoms with Crippen LogP contribution < -0.4 is 5.43 Å².